The monoisotopic (exact) mass is 152 g/mol. The second-order valence-corrected chi connectivity index (χ2v) is 1.59. The van der Waals surface area contributed by atoms with E-state index in [1.165, 1.54) is 12.8 Å². The van der Waals surface area contributed by atoms with Crippen LogP contribution in [0.1, 0.15) is 19.8 Å². The van der Waals surface area contributed by atoms with Crippen molar-refractivity contribution >= 4 is 15.9 Å². The van der Waals surface area contributed by atoms with Crippen molar-refractivity contribution in [3.05, 3.63) is 5.33 Å². The summed E-state index contributed by atoms with van der Waals surface area (Å²) < 4.78 is 0. The third-order valence-corrected chi connectivity index (χ3v) is 0.856. The Morgan fingerprint density at radius 2 is 2.17 bits per heavy atom. The van der Waals surface area contributed by atoms with Gasteiger partial charge in [-0.15, -0.1) is 0 Å². The van der Waals surface area contributed by atoms with Gasteiger partial charge in [0.25, 0.3) is 0 Å². The van der Waals surface area contributed by atoms with E-state index < -0.39 is 0 Å². The van der Waals surface area contributed by atoms with E-state index >= 15 is 0 Å². The van der Waals surface area contributed by atoms with Gasteiger partial charge in [0, 0.05) is 5.33 Å². The lowest BCUT2D eigenvalue weighted by Crippen LogP contribution is -1.56. The van der Waals surface area contributed by atoms with E-state index in [4.69, 9.17) is 0 Å². The smallest absolute Gasteiger partial charge is 0.0271 e. The van der Waals surface area contributed by atoms with Crippen LogP contribution in [0.2, 0.25) is 0 Å². The molecule has 1 nitrogen and oxygen atoms in total. The molecule has 0 aromatic rings. The molecule has 0 atom stereocenters. The van der Waals surface area contributed by atoms with Crippen LogP contribution in [0.3, 0.4) is 0 Å². The fourth-order valence-corrected chi connectivity index (χ4v) is 0.567. The summed E-state index contributed by atoms with van der Waals surface area (Å²) in [5.74, 6) is 0. The van der Waals surface area contributed by atoms with Crippen LogP contribution >= 0.6 is 15.9 Å². The van der Waals surface area contributed by atoms with Crippen LogP contribution in [0.15, 0.2) is 0 Å². The third-order valence-electron chi connectivity index (χ3n) is 0.398. The van der Waals surface area contributed by atoms with Crippen LogP contribution in [0.4, 0.5) is 0 Å². The van der Waals surface area contributed by atoms with Crippen LogP contribution in [-0.2, 0) is 0 Å². The van der Waals surface area contributed by atoms with Gasteiger partial charge in [0.2, 0.25) is 0 Å². The molecule has 0 bridgehead atoms. The first-order valence-electron chi connectivity index (χ1n) is 1.83. The minimum Gasteiger partial charge on any atom is -0.344 e. The molecule has 1 radical (unpaired) electrons. The molecule has 3 N–H and O–H groups in total. The van der Waals surface area contributed by atoms with E-state index in [1.807, 2.05) is 5.33 Å². The molecule has 0 saturated carbocycles. The van der Waals surface area contributed by atoms with Crippen LogP contribution in [0.25, 0.3) is 0 Å². The van der Waals surface area contributed by atoms with Crippen molar-refractivity contribution in [3.8, 4) is 0 Å². The molecule has 0 saturated heterocycles. The zero-order valence-electron chi connectivity index (χ0n) is 4.08. The molecule has 39 valence electrons. The number of hydrogen-bond donors (Lipinski definition) is 1. The summed E-state index contributed by atoms with van der Waals surface area (Å²) in [7, 11) is 0. The zero-order chi connectivity index (χ0) is 4.12. The molecule has 0 amide bonds. The standard InChI is InChI=1S/C4H8Br.H3N/c1-2-3-4-5;/h4H,2-3H2,1H3;1H3. The maximum atomic E-state index is 3.18. The maximum Gasteiger partial charge on any atom is 0.0271 e. The summed E-state index contributed by atoms with van der Waals surface area (Å²) in [4.78, 5) is 0. The lowest BCUT2D eigenvalue weighted by Gasteiger charge is -1.77. The average Bonchev–Trinajstić information content (AvgIpc) is 1.41. The number of unbranched alkanes of at least 4 members (excludes halogenated alkanes) is 1. The molecule has 2 heteroatoms. The van der Waals surface area contributed by atoms with Crippen LogP contribution in [0, 0.1) is 5.33 Å². The van der Waals surface area contributed by atoms with Crippen LogP contribution in [0.5, 0.6) is 0 Å². The lowest BCUT2D eigenvalue weighted by atomic mass is 10.4. The summed E-state index contributed by atoms with van der Waals surface area (Å²) >= 11 is 3.18. The van der Waals surface area contributed by atoms with Crippen molar-refractivity contribution in [2.75, 3.05) is 0 Å². The third kappa shape index (κ3) is 8.83. The Morgan fingerprint density at radius 3 is 2.17 bits per heavy atom. The minimum absolute atomic E-state index is 0. The molecule has 0 aliphatic carbocycles. The number of hydrogen-bond acceptors (Lipinski definition) is 1. The van der Waals surface area contributed by atoms with E-state index in [1.54, 1.807) is 0 Å². The molecular formula is C4H11BrN. The second kappa shape index (κ2) is 9.06. The quantitative estimate of drug-likeness (QED) is 0.649. The summed E-state index contributed by atoms with van der Waals surface area (Å²) in [6.45, 7) is 2.15. The molecule has 0 unspecified atom stereocenters. The van der Waals surface area contributed by atoms with Gasteiger partial charge in [0.1, 0.15) is 0 Å². The Morgan fingerprint density at radius 1 is 1.67 bits per heavy atom. The molecule has 0 heterocycles. The highest BCUT2D eigenvalue weighted by molar-refractivity contribution is 9.10. The molecule has 6 heavy (non-hydrogen) atoms. The molecule has 0 rings (SSSR count). The number of rotatable bonds is 2. The van der Waals surface area contributed by atoms with E-state index in [9.17, 15) is 0 Å². The van der Waals surface area contributed by atoms with E-state index in [0.717, 1.165) is 0 Å². The highest BCUT2D eigenvalue weighted by Crippen LogP contribution is 1.96. The Balaban J connectivity index is 0. The largest absolute Gasteiger partial charge is 0.344 e. The van der Waals surface area contributed by atoms with Gasteiger partial charge in [-0.05, 0) is 6.42 Å². The molecule has 0 aromatic carbocycles. The van der Waals surface area contributed by atoms with Crippen molar-refractivity contribution in [2.45, 2.75) is 19.8 Å². The predicted octanol–water partition coefficient (Wildman–Crippen LogP) is 2.51. The highest BCUT2D eigenvalue weighted by atomic mass is 79.9. The fraction of sp³-hybridized carbons (Fsp3) is 0.750. The van der Waals surface area contributed by atoms with Gasteiger partial charge in [-0.1, -0.05) is 29.3 Å². The lowest BCUT2D eigenvalue weighted by molar-refractivity contribution is 0.948. The van der Waals surface area contributed by atoms with E-state index in [0.29, 0.717) is 0 Å². The number of halogens is 1. The highest BCUT2D eigenvalue weighted by Gasteiger charge is 1.70. The zero-order valence-corrected chi connectivity index (χ0v) is 5.66. The predicted molar refractivity (Wildman–Crippen MR) is 33.2 cm³/mol. The van der Waals surface area contributed by atoms with Crippen molar-refractivity contribution < 1.29 is 0 Å². The van der Waals surface area contributed by atoms with Gasteiger partial charge in [-0.2, -0.15) is 0 Å². The Labute approximate surface area is 47.8 Å². The summed E-state index contributed by atoms with van der Waals surface area (Å²) in [5.41, 5.74) is 0. The van der Waals surface area contributed by atoms with Crippen LogP contribution < -0.4 is 6.15 Å². The topological polar surface area (TPSA) is 35.0 Å². The van der Waals surface area contributed by atoms with Gasteiger partial charge in [0.15, 0.2) is 0 Å². The van der Waals surface area contributed by atoms with Crippen molar-refractivity contribution in [2.24, 2.45) is 0 Å². The Hall–Kier alpha value is 0.440. The van der Waals surface area contributed by atoms with Gasteiger partial charge >= 0.3 is 0 Å². The Kier molecular flexibility index (Phi) is 14.6. The van der Waals surface area contributed by atoms with E-state index in [-0.39, 0.29) is 6.15 Å². The molecule has 0 aliphatic rings. The van der Waals surface area contributed by atoms with Gasteiger partial charge in [-0.3, -0.25) is 0 Å². The van der Waals surface area contributed by atoms with Gasteiger partial charge in [0.05, 0.1) is 0 Å². The Bertz CT molecular complexity index is 15.0. The van der Waals surface area contributed by atoms with Crippen molar-refractivity contribution in [1.29, 1.82) is 0 Å². The first kappa shape index (κ1) is 9.67. The van der Waals surface area contributed by atoms with Crippen molar-refractivity contribution in [1.82, 2.24) is 6.15 Å². The molecular weight excluding hydrogens is 142 g/mol. The molecule has 0 fully saturated rings. The van der Waals surface area contributed by atoms with Crippen LogP contribution in [-0.4, -0.2) is 0 Å². The summed E-state index contributed by atoms with van der Waals surface area (Å²) in [6, 6.07) is 0. The minimum atomic E-state index is 0. The molecule has 0 aromatic heterocycles. The maximum absolute atomic E-state index is 3.18. The van der Waals surface area contributed by atoms with E-state index in [2.05, 4.69) is 22.9 Å². The normalized spacial score (nSPS) is 7.00. The van der Waals surface area contributed by atoms with Gasteiger partial charge in [-0.25, -0.2) is 0 Å². The average molecular weight is 153 g/mol. The first-order valence-corrected chi connectivity index (χ1v) is 2.75. The van der Waals surface area contributed by atoms with Crippen molar-refractivity contribution in [3.63, 3.8) is 0 Å². The second-order valence-electron chi connectivity index (χ2n) is 0.943. The summed E-state index contributed by atoms with van der Waals surface area (Å²) in [6.07, 6.45) is 2.42. The first-order chi connectivity index (χ1) is 2.41. The molecule has 0 spiro atoms. The summed E-state index contributed by atoms with van der Waals surface area (Å²) in [5, 5.41) is 1.99. The fourth-order valence-electron chi connectivity index (χ4n) is 0.109. The SMILES string of the molecule is CCC[CH]Br.N. The van der Waals surface area contributed by atoms with Gasteiger partial charge < -0.3 is 6.15 Å². The molecule has 0 aliphatic heterocycles.